The molecule has 2 fully saturated rings. The molecule has 1 heteroatoms. The molecule has 0 amide bonds. The van der Waals surface area contributed by atoms with Gasteiger partial charge in [-0.25, -0.2) is 0 Å². The van der Waals surface area contributed by atoms with Crippen LogP contribution in [0.5, 0.6) is 0 Å². The second-order valence-corrected chi connectivity index (χ2v) is 7.51. The predicted molar refractivity (Wildman–Crippen MR) is 72.9 cm³/mol. The van der Waals surface area contributed by atoms with Gasteiger partial charge in [0.2, 0.25) is 0 Å². The van der Waals surface area contributed by atoms with Gasteiger partial charge in [-0.15, -0.1) is 0 Å². The van der Waals surface area contributed by atoms with Gasteiger partial charge >= 0.3 is 0 Å². The highest BCUT2D eigenvalue weighted by Crippen LogP contribution is 2.42. The predicted octanol–water partition coefficient (Wildman–Crippen LogP) is 4.39. The first kappa shape index (κ1) is 13.4. The van der Waals surface area contributed by atoms with Crippen LogP contribution in [-0.2, 0) is 0 Å². The molecule has 1 N–H and O–H groups in total. The van der Waals surface area contributed by atoms with Crippen molar-refractivity contribution in [3.63, 3.8) is 0 Å². The van der Waals surface area contributed by atoms with E-state index in [1.165, 1.54) is 51.4 Å². The zero-order valence-electron chi connectivity index (χ0n) is 11.9. The highest BCUT2D eigenvalue weighted by atomic mass is 16.3. The maximum absolute atomic E-state index is 10.6. The van der Waals surface area contributed by atoms with Gasteiger partial charge in [-0.1, -0.05) is 33.6 Å². The lowest BCUT2D eigenvalue weighted by Gasteiger charge is -2.40. The van der Waals surface area contributed by atoms with Crippen molar-refractivity contribution in [2.24, 2.45) is 23.2 Å². The van der Waals surface area contributed by atoms with E-state index in [0.29, 0.717) is 17.3 Å². The Balaban J connectivity index is 1.82. The largest absolute Gasteiger partial charge is 0.393 e. The van der Waals surface area contributed by atoms with E-state index in [9.17, 15) is 5.11 Å². The van der Waals surface area contributed by atoms with Crippen LogP contribution < -0.4 is 0 Å². The molecule has 2 aliphatic rings. The van der Waals surface area contributed by atoms with Gasteiger partial charge in [0.1, 0.15) is 0 Å². The topological polar surface area (TPSA) is 20.2 Å². The second kappa shape index (κ2) is 5.30. The van der Waals surface area contributed by atoms with E-state index in [2.05, 4.69) is 20.8 Å². The summed E-state index contributed by atoms with van der Waals surface area (Å²) in [5.41, 5.74) is 0.525. The fourth-order valence-electron chi connectivity index (χ4n) is 3.78. The molecule has 1 unspecified atom stereocenters. The molecule has 1 nitrogen and oxygen atoms in total. The summed E-state index contributed by atoms with van der Waals surface area (Å²) < 4.78 is 0. The quantitative estimate of drug-likeness (QED) is 0.756. The normalized spacial score (nSPS) is 36.7. The summed E-state index contributed by atoms with van der Waals surface area (Å²) in [6.45, 7) is 7.10. The first-order valence-corrected chi connectivity index (χ1v) is 7.66. The van der Waals surface area contributed by atoms with E-state index < -0.39 is 0 Å². The number of hydrogen-bond acceptors (Lipinski definition) is 1. The van der Waals surface area contributed by atoms with E-state index in [-0.39, 0.29) is 6.10 Å². The van der Waals surface area contributed by atoms with Crippen LogP contribution in [0.15, 0.2) is 0 Å². The van der Waals surface area contributed by atoms with Gasteiger partial charge in [-0.2, -0.15) is 0 Å². The Kier molecular flexibility index (Phi) is 4.18. The molecule has 0 aliphatic heterocycles. The lowest BCUT2D eigenvalue weighted by atomic mass is 9.68. The fourth-order valence-corrected chi connectivity index (χ4v) is 3.78. The Morgan fingerprint density at radius 1 is 0.882 bits per heavy atom. The van der Waals surface area contributed by atoms with Gasteiger partial charge in [0.15, 0.2) is 0 Å². The highest BCUT2D eigenvalue weighted by molar-refractivity contribution is 4.86. The van der Waals surface area contributed by atoms with Crippen LogP contribution in [-0.4, -0.2) is 11.2 Å². The van der Waals surface area contributed by atoms with Crippen LogP contribution in [0.4, 0.5) is 0 Å². The van der Waals surface area contributed by atoms with Crippen molar-refractivity contribution in [1.82, 2.24) is 0 Å². The third-order valence-corrected chi connectivity index (χ3v) is 5.41. The van der Waals surface area contributed by atoms with Crippen LogP contribution in [0.1, 0.15) is 72.1 Å². The molecule has 0 saturated heterocycles. The van der Waals surface area contributed by atoms with Crippen molar-refractivity contribution >= 4 is 0 Å². The van der Waals surface area contributed by atoms with Crippen LogP contribution in [0, 0.1) is 23.2 Å². The number of rotatable bonds is 2. The van der Waals surface area contributed by atoms with E-state index in [1.54, 1.807) is 0 Å². The number of aliphatic hydroxyl groups is 1. The lowest BCUT2D eigenvalue weighted by molar-refractivity contribution is -0.000919. The number of aliphatic hydroxyl groups excluding tert-OH is 1. The minimum Gasteiger partial charge on any atom is -0.393 e. The number of hydrogen-bond donors (Lipinski definition) is 1. The van der Waals surface area contributed by atoms with Gasteiger partial charge in [-0.3, -0.25) is 0 Å². The molecule has 0 radical (unpaired) electrons. The molecule has 1 atom stereocenters. The summed E-state index contributed by atoms with van der Waals surface area (Å²) >= 11 is 0. The molecule has 0 aromatic carbocycles. The first-order chi connectivity index (χ1) is 7.98. The molecular formula is C16H30O. The van der Waals surface area contributed by atoms with Crippen LogP contribution in [0.3, 0.4) is 0 Å². The van der Waals surface area contributed by atoms with Gasteiger partial charge in [0, 0.05) is 0 Å². The van der Waals surface area contributed by atoms with Crippen molar-refractivity contribution in [1.29, 1.82) is 0 Å². The van der Waals surface area contributed by atoms with Crippen molar-refractivity contribution in [3.05, 3.63) is 0 Å². The van der Waals surface area contributed by atoms with Crippen LogP contribution in [0.25, 0.3) is 0 Å². The SMILES string of the molecule is CC1CCC(C(O)C2CCC(C)(C)CC2)CC1. The van der Waals surface area contributed by atoms with Crippen LogP contribution in [0.2, 0.25) is 0 Å². The van der Waals surface area contributed by atoms with Gasteiger partial charge < -0.3 is 5.11 Å². The van der Waals surface area contributed by atoms with Crippen molar-refractivity contribution < 1.29 is 5.11 Å². The summed E-state index contributed by atoms with van der Waals surface area (Å²) in [6, 6.07) is 0. The van der Waals surface area contributed by atoms with Crippen molar-refractivity contribution in [3.8, 4) is 0 Å². The summed E-state index contributed by atoms with van der Waals surface area (Å²) in [5, 5.41) is 10.6. The summed E-state index contributed by atoms with van der Waals surface area (Å²) in [5.74, 6) is 2.10. The minimum atomic E-state index is -0.00130. The van der Waals surface area contributed by atoms with Crippen molar-refractivity contribution in [2.45, 2.75) is 78.2 Å². The monoisotopic (exact) mass is 238 g/mol. The Morgan fingerprint density at radius 3 is 1.88 bits per heavy atom. The summed E-state index contributed by atoms with van der Waals surface area (Å²) in [6.07, 6.45) is 10.3. The average molecular weight is 238 g/mol. The van der Waals surface area contributed by atoms with Crippen LogP contribution >= 0.6 is 0 Å². The van der Waals surface area contributed by atoms with E-state index in [4.69, 9.17) is 0 Å². The average Bonchev–Trinajstić information content (AvgIpc) is 2.29. The maximum atomic E-state index is 10.6. The molecule has 2 aliphatic carbocycles. The van der Waals surface area contributed by atoms with Gasteiger partial charge in [0.05, 0.1) is 6.10 Å². The molecule has 0 heterocycles. The Morgan fingerprint density at radius 2 is 1.35 bits per heavy atom. The zero-order valence-corrected chi connectivity index (χ0v) is 11.9. The maximum Gasteiger partial charge on any atom is 0.0596 e. The van der Waals surface area contributed by atoms with Gasteiger partial charge in [-0.05, 0) is 61.7 Å². The summed E-state index contributed by atoms with van der Waals surface area (Å²) in [7, 11) is 0. The minimum absolute atomic E-state index is 0.00130. The zero-order chi connectivity index (χ0) is 12.5. The Hall–Kier alpha value is -0.0400. The van der Waals surface area contributed by atoms with E-state index in [0.717, 1.165) is 5.92 Å². The lowest BCUT2D eigenvalue weighted by Crippen LogP contribution is -2.35. The van der Waals surface area contributed by atoms with E-state index in [1.807, 2.05) is 0 Å². The molecule has 100 valence electrons. The molecular weight excluding hydrogens is 208 g/mol. The smallest absolute Gasteiger partial charge is 0.0596 e. The standard InChI is InChI=1S/C16H30O/c1-12-4-6-13(7-5-12)15(17)14-8-10-16(2,3)11-9-14/h12-15,17H,4-11H2,1-3H3. The van der Waals surface area contributed by atoms with Crippen molar-refractivity contribution in [2.75, 3.05) is 0 Å². The molecule has 2 rings (SSSR count). The fraction of sp³-hybridized carbons (Fsp3) is 1.00. The van der Waals surface area contributed by atoms with E-state index >= 15 is 0 Å². The molecule has 2 saturated carbocycles. The Bertz CT molecular complexity index is 228. The molecule has 17 heavy (non-hydrogen) atoms. The molecule has 0 bridgehead atoms. The Labute approximate surface area is 107 Å². The molecule has 0 spiro atoms. The summed E-state index contributed by atoms with van der Waals surface area (Å²) in [4.78, 5) is 0. The third kappa shape index (κ3) is 3.47. The molecule has 0 aromatic heterocycles. The third-order valence-electron chi connectivity index (χ3n) is 5.41. The van der Waals surface area contributed by atoms with Gasteiger partial charge in [0.25, 0.3) is 0 Å². The second-order valence-electron chi connectivity index (χ2n) is 7.51. The highest BCUT2D eigenvalue weighted by Gasteiger charge is 2.35. The molecule has 0 aromatic rings. The first-order valence-electron chi connectivity index (χ1n) is 7.66.